The summed E-state index contributed by atoms with van der Waals surface area (Å²) in [4.78, 5) is 22.4. The molecule has 0 bridgehead atoms. The van der Waals surface area contributed by atoms with Gasteiger partial charge in [0.25, 0.3) is 5.91 Å². The van der Waals surface area contributed by atoms with E-state index in [1.54, 1.807) is 22.6 Å². The van der Waals surface area contributed by atoms with Crippen molar-refractivity contribution in [3.05, 3.63) is 71.2 Å². The number of pyridine rings is 1. The highest BCUT2D eigenvalue weighted by Gasteiger charge is 2.35. The summed E-state index contributed by atoms with van der Waals surface area (Å²) in [5.41, 5.74) is 3.87. The number of allylic oxidation sites excluding steroid dienone is 1. The van der Waals surface area contributed by atoms with Crippen LogP contribution in [0.4, 0.5) is 11.6 Å². The van der Waals surface area contributed by atoms with E-state index in [-0.39, 0.29) is 5.91 Å². The third-order valence-corrected chi connectivity index (χ3v) is 5.31. The first-order valence-corrected chi connectivity index (χ1v) is 10.4. The monoisotopic (exact) mass is 406 g/mol. The Labute approximate surface area is 173 Å². The van der Waals surface area contributed by atoms with Gasteiger partial charge in [-0.3, -0.25) is 9.78 Å². The number of hydrogen-bond donors (Lipinski definition) is 2. The van der Waals surface area contributed by atoms with Crippen molar-refractivity contribution >= 4 is 29.3 Å². The van der Waals surface area contributed by atoms with E-state index in [2.05, 4.69) is 32.6 Å². The number of nitrogens with one attached hydrogen (secondary N) is 2. The SMILES string of the molecule is CCSc1nc2n(n1)C(c1ccccn1)C(C(=O)Nc1cccc(C)c1)=C(C)N2. The van der Waals surface area contributed by atoms with Crippen molar-refractivity contribution < 1.29 is 4.79 Å². The number of carbonyl (C=O) groups excluding carboxylic acids is 1. The zero-order chi connectivity index (χ0) is 20.4. The van der Waals surface area contributed by atoms with E-state index >= 15 is 0 Å². The van der Waals surface area contributed by atoms with E-state index in [1.807, 2.05) is 56.3 Å². The highest BCUT2D eigenvalue weighted by molar-refractivity contribution is 7.99. The number of fused-ring (bicyclic) bond motifs is 1. The van der Waals surface area contributed by atoms with Crippen LogP contribution in [0, 0.1) is 6.92 Å². The number of rotatable bonds is 5. The average molecular weight is 407 g/mol. The lowest BCUT2D eigenvalue weighted by atomic mass is 9.98. The molecule has 0 fully saturated rings. The molecule has 1 amide bonds. The van der Waals surface area contributed by atoms with Crippen LogP contribution in [-0.4, -0.2) is 31.4 Å². The summed E-state index contributed by atoms with van der Waals surface area (Å²) < 4.78 is 1.75. The van der Waals surface area contributed by atoms with Gasteiger partial charge in [0.15, 0.2) is 0 Å². The van der Waals surface area contributed by atoms with Gasteiger partial charge in [0.05, 0.1) is 11.3 Å². The number of aromatic nitrogens is 4. The Hall–Kier alpha value is -3.13. The van der Waals surface area contributed by atoms with Crippen molar-refractivity contribution in [2.45, 2.75) is 32.0 Å². The lowest BCUT2D eigenvalue weighted by Gasteiger charge is -2.28. The van der Waals surface area contributed by atoms with Crippen LogP contribution in [0.3, 0.4) is 0 Å². The van der Waals surface area contributed by atoms with Gasteiger partial charge in [0.1, 0.15) is 6.04 Å². The molecule has 0 saturated carbocycles. The van der Waals surface area contributed by atoms with Gasteiger partial charge in [-0.2, -0.15) is 4.98 Å². The molecule has 0 radical (unpaired) electrons. The van der Waals surface area contributed by atoms with Crippen molar-refractivity contribution in [3.8, 4) is 0 Å². The topological polar surface area (TPSA) is 84.7 Å². The summed E-state index contributed by atoms with van der Waals surface area (Å²) in [7, 11) is 0. The molecule has 4 rings (SSSR count). The highest BCUT2D eigenvalue weighted by atomic mass is 32.2. The Morgan fingerprint density at radius 1 is 1.24 bits per heavy atom. The minimum absolute atomic E-state index is 0.193. The molecule has 29 heavy (non-hydrogen) atoms. The van der Waals surface area contributed by atoms with Crippen LogP contribution in [0.2, 0.25) is 0 Å². The molecule has 3 heterocycles. The van der Waals surface area contributed by atoms with E-state index in [0.717, 1.165) is 28.4 Å². The summed E-state index contributed by atoms with van der Waals surface area (Å²) in [6.07, 6.45) is 1.72. The second kappa shape index (κ2) is 8.08. The van der Waals surface area contributed by atoms with Crippen LogP contribution >= 0.6 is 11.8 Å². The summed E-state index contributed by atoms with van der Waals surface area (Å²) in [6.45, 7) is 5.93. The van der Waals surface area contributed by atoms with E-state index < -0.39 is 6.04 Å². The number of carbonyl (C=O) groups is 1. The van der Waals surface area contributed by atoms with Gasteiger partial charge in [-0.05, 0) is 49.4 Å². The molecule has 1 unspecified atom stereocenters. The van der Waals surface area contributed by atoms with Gasteiger partial charge in [-0.25, -0.2) is 4.68 Å². The maximum atomic E-state index is 13.3. The molecule has 1 aliphatic rings. The summed E-state index contributed by atoms with van der Waals surface area (Å²) in [5.74, 6) is 1.29. The Kier molecular flexibility index (Phi) is 5.35. The minimum atomic E-state index is -0.462. The normalized spacial score (nSPS) is 15.6. The van der Waals surface area contributed by atoms with Crippen molar-refractivity contribution in [1.82, 2.24) is 19.7 Å². The molecule has 0 saturated heterocycles. The van der Waals surface area contributed by atoms with E-state index in [0.29, 0.717) is 16.7 Å². The second-order valence-electron chi connectivity index (χ2n) is 6.74. The Morgan fingerprint density at radius 2 is 2.10 bits per heavy atom. The smallest absolute Gasteiger partial charge is 0.255 e. The lowest BCUT2D eigenvalue weighted by molar-refractivity contribution is -0.113. The maximum Gasteiger partial charge on any atom is 0.255 e. The average Bonchev–Trinajstić information content (AvgIpc) is 3.09. The maximum absolute atomic E-state index is 13.3. The highest BCUT2D eigenvalue weighted by Crippen LogP contribution is 2.35. The fourth-order valence-corrected chi connectivity index (χ4v) is 3.90. The number of aryl methyl sites for hydroxylation is 1. The van der Waals surface area contributed by atoms with E-state index in [4.69, 9.17) is 0 Å². The van der Waals surface area contributed by atoms with Gasteiger partial charge >= 0.3 is 0 Å². The minimum Gasteiger partial charge on any atom is -0.328 e. The van der Waals surface area contributed by atoms with Crippen molar-refractivity contribution in [3.63, 3.8) is 0 Å². The molecular formula is C21H22N6OS. The molecule has 1 atom stereocenters. The largest absolute Gasteiger partial charge is 0.328 e. The fraction of sp³-hybridized carbons (Fsp3) is 0.238. The number of benzene rings is 1. The predicted octanol–water partition coefficient (Wildman–Crippen LogP) is 4.02. The third kappa shape index (κ3) is 3.88. The zero-order valence-corrected chi connectivity index (χ0v) is 17.3. The van der Waals surface area contributed by atoms with Crippen LogP contribution < -0.4 is 10.6 Å². The van der Waals surface area contributed by atoms with Crippen molar-refractivity contribution in [2.75, 3.05) is 16.4 Å². The van der Waals surface area contributed by atoms with Crippen LogP contribution in [-0.2, 0) is 4.79 Å². The second-order valence-corrected chi connectivity index (χ2v) is 7.97. The Bertz CT molecular complexity index is 1080. The first kappa shape index (κ1) is 19.2. The Morgan fingerprint density at radius 3 is 2.83 bits per heavy atom. The quantitative estimate of drug-likeness (QED) is 0.623. The van der Waals surface area contributed by atoms with Crippen LogP contribution in [0.1, 0.15) is 31.1 Å². The van der Waals surface area contributed by atoms with Gasteiger partial charge in [0.2, 0.25) is 11.1 Å². The Balaban J connectivity index is 1.76. The molecule has 0 spiro atoms. The summed E-state index contributed by atoms with van der Waals surface area (Å²) in [6, 6.07) is 12.9. The lowest BCUT2D eigenvalue weighted by Crippen LogP contribution is -2.32. The molecule has 2 aromatic heterocycles. The van der Waals surface area contributed by atoms with Crippen LogP contribution in [0.15, 0.2) is 65.1 Å². The van der Waals surface area contributed by atoms with Gasteiger partial charge < -0.3 is 10.6 Å². The van der Waals surface area contributed by atoms with E-state index in [9.17, 15) is 4.79 Å². The van der Waals surface area contributed by atoms with Crippen LogP contribution in [0.5, 0.6) is 0 Å². The number of anilines is 2. The molecule has 7 nitrogen and oxygen atoms in total. The zero-order valence-electron chi connectivity index (χ0n) is 16.5. The molecule has 2 N–H and O–H groups in total. The van der Waals surface area contributed by atoms with Crippen LogP contribution in [0.25, 0.3) is 0 Å². The molecule has 3 aromatic rings. The fourth-order valence-electron chi connectivity index (χ4n) is 3.35. The third-order valence-electron chi connectivity index (χ3n) is 4.60. The molecular weight excluding hydrogens is 384 g/mol. The van der Waals surface area contributed by atoms with Crippen molar-refractivity contribution in [1.29, 1.82) is 0 Å². The molecule has 0 aliphatic carbocycles. The van der Waals surface area contributed by atoms with Gasteiger partial charge in [0, 0.05) is 17.6 Å². The van der Waals surface area contributed by atoms with Crippen molar-refractivity contribution in [2.24, 2.45) is 0 Å². The molecule has 1 aromatic carbocycles. The first-order valence-electron chi connectivity index (χ1n) is 9.43. The summed E-state index contributed by atoms with van der Waals surface area (Å²) in [5, 5.41) is 11.6. The standard InChI is InChI=1S/C21H22N6OS/c1-4-29-21-25-20-23-14(3)17(19(28)24-15-9-7-8-13(2)12-15)18(27(20)26-21)16-10-5-6-11-22-16/h5-12,18H,4H2,1-3H3,(H,24,28)(H,23,25,26). The predicted molar refractivity (Wildman–Crippen MR) is 115 cm³/mol. The number of amides is 1. The van der Waals surface area contributed by atoms with Gasteiger partial charge in [-0.1, -0.05) is 36.9 Å². The summed E-state index contributed by atoms with van der Waals surface area (Å²) >= 11 is 1.56. The molecule has 148 valence electrons. The molecule has 8 heteroatoms. The number of thioether (sulfide) groups is 1. The van der Waals surface area contributed by atoms with Gasteiger partial charge in [-0.15, -0.1) is 5.10 Å². The number of nitrogens with zero attached hydrogens (tertiary/aromatic N) is 4. The first-order chi connectivity index (χ1) is 14.1. The van der Waals surface area contributed by atoms with E-state index in [1.165, 1.54) is 0 Å². The number of hydrogen-bond acceptors (Lipinski definition) is 6. The molecule has 1 aliphatic heterocycles.